The maximum absolute atomic E-state index is 8.47. The van der Waals surface area contributed by atoms with Crippen molar-refractivity contribution >= 4 is 39.2 Å². The highest BCUT2D eigenvalue weighted by molar-refractivity contribution is 9.11. The number of hydrogen-bond donors (Lipinski definition) is 2. The monoisotopic (exact) mass is 253 g/mol. The highest BCUT2D eigenvalue weighted by Crippen LogP contribution is 2.28. The van der Waals surface area contributed by atoms with Gasteiger partial charge in [0.2, 0.25) is 0 Å². The fraction of sp³-hybridized carbons (Fsp3) is 0.333. The summed E-state index contributed by atoms with van der Waals surface area (Å²) in [6.45, 7) is 0.805. The maximum Gasteiger partial charge on any atom is 0.0763 e. The smallest absolute Gasteiger partial charge is 0.0763 e. The van der Waals surface area contributed by atoms with E-state index in [1.54, 1.807) is 23.3 Å². The Morgan fingerprint density at radius 3 is 3.00 bits per heavy atom. The van der Waals surface area contributed by atoms with E-state index in [4.69, 9.17) is 5.11 Å². The number of aliphatic hydroxyl groups excluding tert-OH is 1. The Labute approximate surface area is 82.3 Å². The minimum atomic E-state index is 0.180. The van der Waals surface area contributed by atoms with E-state index in [0.29, 0.717) is 6.54 Å². The Morgan fingerprint density at radius 1 is 1.64 bits per heavy atom. The number of aliphatic hydroxyl groups is 1. The minimum absolute atomic E-state index is 0.180. The number of thiophene rings is 1. The normalized spacial score (nSPS) is 10.4. The average Bonchev–Trinajstić information content (AvgIpc) is 2.37. The molecule has 0 radical (unpaired) electrons. The molecule has 0 aromatic carbocycles. The Bertz CT molecular complexity index is 216. The largest absolute Gasteiger partial charge is 0.395 e. The van der Waals surface area contributed by atoms with E-state index in [-0.39, 0.29) is 6.61 Å². The second-order valence-electron chi connectivity index (χ2n) is 1.78. The van der Waals surface area contributed by atoms with Gasteiger partial charge in [0.25, 0.3) is 0 Å². The van der Waals surface area contributed by atoms with Crippen molar-refractivity contribution in [2.45, 2.75) is 4.21 Å². The van der Waals surface area contributed by atoms with Gasteiger partial charge >= 0.3 is 0 Å². The lowest BCUT2D eigenvalue weighted by atomic mass is 10.7. The number of halogens is 1. The summed E-state index contributed by atoms with van der Waals surface area (Å²) in [7, 11) is 0. The van der Waals surface area contributed by atoms with Crippen molar-refractivity contribution in [3.63, 3.8) is 0 Å². The van der Waals surface area contributed by atoms with E-state index >= 15 is 0 Å². The van der Waals surface area contributed by atoms with Crippen LogP contribution in [0.15, 0.2) is 20.1 Å². The summed E-state index contributed by atoms with van der Waals surface area (Å²) in [5.41, 5.74) is 0. The molecule has 0 aliphatic heterocycles. The van der Waals surface area contributed by atoms with Crippen molar-refractivity contribution in [2.75, 3.05) is 13.2 Å². The van der Waals surface area contributed by atoms with Crippen molar-refractivity contribution in [1.29, 1.82) is 0 Å². The van der Waals surface area contributed by atoms with Gasteiger partial charge in [0.1, 0.15) is 0 Å². The highest BCUT2D eigenvalue weighted by Gasteiger charge is 1.96. The van der Waals surface area contributed by atoms with Gasteiger partial charge in [-0.2, -0.15) is 0 Å². The van der Waals surface area contributed by atoms with E-state index < -0.39 is 0 Å². The zero-order chi connectivity index (χ0) is 8.10. The van der Waals surface area contributed by atoms with Crippen molar-refractivity contribution in [3.8, 4) is 0 Å². The highest BCUT2D eigenvalue weighted by atomic mass is 79.9. The van der Waals surface area contributed by atoms with Crippen molar-refractivity contribution in [2.24, 2.45) is 0 Å². The van der Waals surface area contributed by atoms with Crippen LogP contribution < -0.4 is 4.72 Å². The first kappa shape index (κ1) is 9.54. The van der Waals surface area contributed by atoms with Crippen molar-refractivity contribution < 1.29 is 5.11 Å². The van der Waals surface area contributed by atoms with Gasteiger partial charge < -0.3 is 5.11 Å². The predicted molar refractivity (Wildman–Crippen MR) is 53.0 cm³/mol. The van der Waals surface area contributed by atoms with Gasteiger partial charge in [-0.15, -0.1) is 11.3 Å². The molecule has 0 saturated heterocycles. The van der Waals surface area contributed by atoms with Gasteiger partial charge in [-0.3, -0.25) is 4.72 Å². The molecule has 0 unspecified atom stereocenters. The summed E-state index contributed by atoms with van der Waals surface area (Å²) in [6.07, 6.45) is 0. The molecule has 0 fully saturated rings. The third-order valence-electron chi connectivity index (χ3n) is 0.935. The van der Waals surface area contributed by atoms with E-state index in [1.165, 1.54) is 4.21 Å². The Morgan fingerprint density at radius 2 is 2.45 bits per heavy atom. The molecule has 62 valence electrons. The molecule has 11 heavy (non-hydrogen) atoms. The lowest BCUT2D eigenvalue weighted by molar-refractivity contribution is 0.302. The van der Waals surface area contributed by atoms with Crippen molar-refractivity contribution in [3.05, 3.63) is 15.9 Å². The Kier molecular flexibility index (Phi) is 4.47. The second-order valence-corrected chi connectivity index (χ2v) is 5.43. The van der Waals surface area contributed by atoms with Crippen LogP contribution in [-0.2, 0) is 0 Å². The molecule has 2 N–H and O–H groups in total. The molecule has 0 bridgehead atoms. The number of rotatable bonds is 4. The van der Waals surface area contributed by atoms with Crippen LogP contribution in [0.3, 0.4) is 0 Å². The lowest BCUT2D eigenvalue weighted by Gasteiger charge is -1.96. The summed E-state index contributed by atoms with van der Waals surface area (Å²) in [4.78, 5) is 0. The fourth-order valence-corrected chi connectivity index (χ4v) is 3.05. The van der Waals surface area contributed by atoms with E-state index in [1.807, 2.05) is 12.1 Å². The first-order valence-electron chi connectivity index (χ1n) is 3.09. The molecule has 1 aromatic rings. The van der Waals surface area contributed by atoms with Crippen LogP contribution in [0, 0.1) is 0 Å². The first-order valence-corrected chi connectivity index (χ1v) is 5.51. The second kappa shape index (κ2) is 5.16. The third-order valence-corrected chi connectivity index (χ3v) is 3.54. The van der Waals surface area contributed by atoms with Crippen LogP contribution in [0.4, 0.5) is 0 Å². The zero-order valence-electron chi connectivity index (χ0n) is 5.71. The van der Waals surface area contributed by atoms with Crippen LogP contribution in [0.1, 0.15) is 0 Å². The van der Waals surface area contributed by atoms with Gasteiger partial charge in [0, 0.05) is 6.54 Å². The molecule has 2 nitrogen and oxygen atoms in total. The Hall–Kier alpha value is 0.450. The quantitative estimate of drug-likeness (QED) is 0.637. The third kappa shape index (κ3) is 3.57. The molecule has 5 heteroatoms. The molecule has 0 saturated carbocycles. The molecule has 0 spiro atoms. The molecule has 0 amide bonds. The van der Waals surface area contributed by atoms with Crippen molar-refractivity contribution in [1.82, 2.24) is 4.72 Å². The van der Waals surface area contributed by atoms with Crippen LogP contribution in [0.25, 0.3) is 0 Å². The first-order chi connectivity index (χ1) is 5.33. The van der Waals surface area contributed by atoms with Gasteiger partial charge in [-0.1, -0.05) is 0 Å². The molecule has 0 atom stereocenters. The van der Waals surface area contributed by atoms with Gasteiger partial charge in [-0.05, 0) is 40.0 Å². The molecule has 1 aromatic heterocycles. The topological polar surface area (TPSA) is 32.3 Å². The van der Waals surface area contributed by atoms with E-state index in [9.17, 15) is 0 Å². The SMILES string of the molecule is OCCNSc1ccc(Br)s1. The predicted octanol–water partition coefficient (Wildman–Crippen LogP) is 2.10. The summed E-state index contributed by atoms with van der Waals surface area (Å²) < 4.78 is 5.35. The molecular weight excluding hydrogens is 246 g/mol. The molecule has 0 aliphatic carbocycles. The van der Waals surface area contributed by atoms with Gasteiger partial charge in [-0.25, -0.2) is 0 Å². The lowest BCUT2D eigenvalue weighted by Crippen LogP contribution is -2.08. The molecular formula is C6H8BrNOS2. The molecule has 1 heterocycles. The maximum atomic E-state index is 8.47. The van der Waals surface area contributed by atoms with Crippen LogP contribution in [-0.4, -0.2) is 18.3 Å². The summed E-state index contributed by atoms with van der Waals surface area (Å²) in [5, 5.41) is 8.47. The summed E-state index contributed by atoms with van der Waals surface area (Å²) in [6, 6.07) is 4.04. The fourth-order valence-electron chi connectivity index (χ4n) is 0.520. The van der Waals surface area contributed by atoms with Gasteiger partial charge in [0.05, 0.1) is 14.6 Å². The number of hydrogen-bond acceptors (Lipinski definition) is 4. The van der Waals surface area contributed by atoms with E-state index in [2.05, 4.69) is 20.7 Å². The average molecular weight is 254 g/mol. The molecule has 0 aliphatic rings. The standard InChI is InChI=1S/C6H8BrNOS2/c7-5-1-2-6(10-5)11-8-3-4-9/h1-2,8-9H,3-4H2. The minimum Gasteiger partial charge on any atom is -0.395 e. The summed E-state index contributed by atoms with van der Waals surface area (Å²) in [5.74, 6) is 0. The number of nitrogens with one attached hydrogen (secondary N) is 1. The van der Waals surface area contributed by atoms with Crippen LogP contribution in [0.2, 0.25) is 0 Å². The zero-order valence-corrected chi connectivity index (χ0v) is 8.93. The summed E-state index contributed by atoms with van der Waals surface area (Å²) >= 11 is 6.59. The Balaban J connectivity index is 2.27. The van der Waals surface area contributed by atoms with Crippen LogP contribution >= 0.6 is 39.2 Å². The van der Waals surface area contributed by atoms with E-state index in [0.717, 1.165) is 3.79 Å². The van der Waals surface area contributed by atoms with Gasteiger partial charge in [0.15, 0.2) is 0 Å². The van der Waals surface area contributed by atoms with Crippen LogP contribution in [0.5, 0.6) is 0 Å². The molecule has 1 rings (SSSR count).